The zero-order valence-corrected chi connectivity index (χ0v) is 14.1. The van der Waals surface area contributed by atoms with E-state index >= 15 is 0 Å². The number of methoxy groups -OCH3 is 1. The van der Waals surface area contributed by atoms with E-state index in [1.807, 2.05) is 13.8 Å². The minimum Gasteiger partial charge on any atom is -0.479 e. The van der Waals surface area contributed by atoms with Crippen molar-refractivity contribution in [2.24, 2.45) is 0 Å². The van der Waals surface area contributed by atoms with Crippen LogP contribution in [0, 0.1) is 5.82 Å². The molecule has 0 fully saturated rings. The van der Waals surface area contributed by atoms with E-state index in [2.05, 4.69) is 15.4 Å². The van der Waals surface area contributed by atoms with Crippen molar-refractivity contribution in [3.8, 4) is 5.69 Å². The molecule has 1 amide bonds. The second kappa shape index (κ2) is 7.84. The van der Waals surface area contributed by atoms with Crippen LogP contribution in [0.2, 0.25) is 0 Å². The number of amides is 1. The molecule has 1 atom stereocenters. The molecular weight excluding hydrogens is 331 g/mol. The third-order valence-corrected chi connectivity index (χ3v) is 3.41. The van der Waals surface area contributed by atoms with Crippen molar-refractivity contribution in [3.05, 3.63) is 41.7 Å². The molecule has 0 radical (unpaired) electrons. The second-order valence-electron chi connectivity index (χ2n) is 5.61. The number of carboxylic acid groups (broad SMARTS) is 1. The number of aromatic nitrogens is 3. The van der Waals surface area contributed by atoms with E-state index in [9.17, 15) is 14.0 Å². The Morgan fingerprint density at radius 3 is 2.68 bits per heavy atom. The van der Waals surface area contributed by atoms with E-state index in [-0.39, 0.29) is 18.3 Å². The summed E-state index contributed by atoms with van der Waals surface area (Å²) in [5.74, 6) is -1.98. The van der Waals surface area contributed by atoms with Gasteiger partial charge in [-0.15, -0.1) is 5.10 Å². The van der Waals surface area contributed by atoms with Crippen LogP contribution in [0.3, 0.4) is 0 Å². The quantitative estimate of drug-likeness (QED) is 0.781. The van der Waals surface area contributed by atoms with Gasteiger partial charge in [-0.1, -0.05) is 19.9 Å². The largest absolute Gasteiger partial charge is 0.479 e. The van der Waals surface area contributed by atoms with Gasteiger partial charge in [-0.3, -0.25) is 4.79 Å². The predicted octanol–water partition coefficient (Wildman–Crippen LogP) is 1.36. The van der Waals surface area contributed by atoms with Crippen LogP contribution in [0.4, 0.5) is 4.39 Å². The number of carbonyl (C=O) groups excluding carboxylic acids is 1. The normalized spacial score (nSPS) is 12.2. The highest BCUT2D eigenvalue weighted by Gasteiger charge is 2.22. The van der Waals surface area contributed by atoms with Crippen LogP contribution in [0.15, 0.2) is 24.3 Å². The smallest absolute Gasteiger partial charge is 0.334 e. The van der Waals surface area contributed by atoms with E-state index < -0.39 is 23.8 Å². The monoisotopic (exact) mass is 350 g/mol. The molecule has 1 unspecified atom stereocenters. The van der Waals surface area contributed by atoms with Crippen molar-refractivity contribution < 1.29 is 23.8 Å². The number of carboxylic acids is 1. The number of carbonyl (C=O) groups is 2. The Bertz CT molecular complexity index is 775. The number of nitrogens with one attached hydrogen (secondary N) is 1. The second-order valence-corrected chi connectivity index (χ2v) is 5.61. The van der Waals surface area contributed by atoms with E-state index in [1.165, 1.54) is 30.0 Å². The van der Waals surface area contributed by atoms with Gasteiger partial charge >= 0.3 is 5.97 Å². The minimum atomic E-state index is -1.19. The lowest BCUT2D eigenvalue weighted by molar-refractivity contribution is -0.148. The number of hydrogen-bond donors (Lipinski definition) is 2. The zero-order chi connectivity index (χ0) is 18.6. The number of halogens is 1. The summed E-state index contributed by atoms with van der Waals surface area (Å²) in [4.78, 5) is 27.3. The van der Waals surface area contributed by atoms with Crippen molar-refractivity contribution in [3.63, 3.8) is 0 Å². The van der Waals surface area contributed by atoms with Crippen molar-refractivity contribution in [2.45, 2.75) is 25.9 Å². The summed E-state index contributed by atoms with van der Waals surface area (Å²) in [7, 11) is 1.23. The van der Waals surface area contributed by atoms with Gasteiger partial charge in [0.1, 0.15) is 11.6 Å². The summed E-state index contributed by atoms with van der Waals surface area (Å²) in [5.41, 5.74) is 0.440. The van der Waals surface area contributed by atoms with E-state index in [1.54, 1.807) is 6.07 Å². The predicted molar refractivity (Wildman–Crippen MR) is 86.2 cm³/mol. The standard InChI is InChI=1S/C16H19FN4O4/c1-9(2)14-19-13(15(22)18-8-12(25-3)16(23)24)20-21(14)11-6-4-5-10(17)7-11/h4-7,9,12H,8H2,1-3H3,(H,18,22)(H,23,24). The molecule has 0 aliphatic carbocycles. The lowest BCUT2D eigenvalue weighted by Gasteiger charge is -2.10. The van der Waals surface area contributed by atoms with Crippen LogP contribution in [-0.4, -0.2) is 51.5 Å². The highest BCUT2D eigenvalue weighted by atomic mass is 19.1. The number of hydrogen-bond acceptors (Lipinski definition) is 5. The van der Waals surface area contributed by atoms with Gasteiger partial charge in [-0.25, -0.2) is 18.9 Å². The summed E-state index contributed by atoms with van der Waals surface area (Å²) in [5, 5.41) is 15.5. The van der Waals surface area contributed by atoms with Gasteiger partial charge < -0.3 is 15.2 Å². The molecule has 2 rings (SSSR count). The third-order valence-electron chi connectivity index (χ3n) is 3.41. The van der Waals surface area contributed by atoms with Gasteiger partial charge in [0, 0.05) is 13.0 Å². The molecule has 2 N–H and O–H groups in total. The lowest BCUT2D eigenvalue weighted by atomic mass is 10.2. The van der Waals surface area contributed by atoms with Crippen LogP contribution in [0.1, 0.15) is 36.2 Å². The third kappa shape index (κ3) is 4.38. The molecule has 25 heavy (non-hydrogen) atoms. The van der Waals surface area contributed by atoms with Crippen molar-refractivity contribution >= 4 is 11.9 Å². The highest BCUT2D eigenvalue weighted by molar-refractivity contribution is 5.90. The molecular formula is C16H19FN4O4. The van der Waals surface area contributed by atoms with Gasteiger partial charge in [0.15, 0.2) is 6.10 Å². The molecule has 1 heterocycles. The van der Waals surface area contributed by atoms with Gasteiger partial charge in [0.25, 0.3) is 5.91 Å². The van der Waals surface area contributed by atoms with Gasteiger partial charge in [-0.2, -0.15) is 0 Å². The average Bonchev–Trinajstić information content (AvgIpc) is 3.00. The first-order valence-corrected chi connectivity index (χ1v) is 7.60. The molecule has 0 saturated heterocycles. The number of rotatable bonds is 7. The van der Waals surface area contributed by atoms with E-state index in [0.29, 0.717) is 11.5 Å². The number of benzene rings is 1. The van der Waals surface area contributed by atoms with Crippen LogP contribution in [0.25, 0.3) is 5.69 Å². The molecule has 0 saturated carbocycles. The van der Waals surface area contributed by atoms with Crippen LogP contribution in [0.5, 0.6) is 0 Å². The molecule has 2 aromatic rings. The van der Waals surface area contributed by atoms with E-state index in [0.717, 1.165) is 0 Å². The Labute approximate surface area is 143 Å². The number of ether oxygens (including phenoxy) is 1. The first-order valence-electron chi connectivity index (χ1n) is 7.60. The van der Waals surface area contributed by atoms with E-state index in [4.69, 9.17) is 9.84 Å². The Kier molecular flexibility index (Phi) is 5.81. The SMILES string of the molecule is COC(CNC(=O)c1nc(C(C)C)n(-c2cccc(F)c2)n1)C(=O)O. The summed E-state index contributed by atoms with van der Waals surface area (Å²) in [6.07, 6.45) is -1.17. The van der Waals surface area contributed by atoms with Crippen LogP contribution in [-0.2, 0) is 9.53 Å². The topological polar surface area (TPSA) is 106 Å². The first-order chi connectivity index (χ1) is 11.8. The van der Waals surface area contributed by atoms with Crippen LogP contribution >= 0.6 is 0 Å². The Balaban J connectivity index is 2.26. The Morgan fingerprint density at radius 2 is 2.12 bits per heavy atom. The van der Waals surface area contributed by atoms with Crippen molar-refractivity contribution in [1.82, 2.24) is 20.1 Å². The minimum absolute atomic E-state index is 0.0666. The van der Waals surface area contributed by atoms with Gasteiger partial charge in [-0.05, 0) is 18.2 Å². The molecule has 9 heteroatoms. The fourth-order valence-corrected chi connectivity index (χ4v) is 2.13. The van der Waals surface area contributed by atoms with Crippen LogP contribution < -0.4 is 5.32 Å². The zero-order valence-electron chi connectivity index (χ0n) is 14.1. The summed E-state index contributed by atoms with van der Waals surface area (Å²) >= 11 is 0. The molecule has 0 aliphatic heterocycles. The number of nitrogens with zero attached hydrogens (tertiary/aromatic N) is 3. The summed E-state index contributed by atoms with van der Waals surface area (Å²) in [6, 6.07) is 5.77. The Hall–Kier alpha value is -2.81. The summed E-state index contributed by atoms with van der Waals surface area (Å²) < 4.78 is 19.6. The summed E-state index contributed by atoms with van der Waals surface area (Å²) in [6.45, 7) is 3.51. The van der Waals surface area contributed by atoms with Gasteiger partial charge in [0.2, 0.25) is 5.82 Å². The van der Waals surface area contributed by atoms with Gasteiger partial charge in [0.05, 0.1) is 12.2 Å². The van der Waals surface area contributed by atoms with Crippen molar-refractivity contribution in [1.29, 1.82) is 0 Å². The molecule has 8 nitrogen and oxygen atoms in total. The fourth-order valence-electron chi connectivity index (χ4n) is 2.13. The molecule has 1 aromatic carbocycles. The fraction of sp³-hybridized carbons (Fsp3) is 0.375. The van der Waals surface area contributed by atoms with Crippen molar-refractivity contribution in [2.75, 3.05) is 13.7 Å². The lowest BCUT2D eigenvalue weighted by Crippen LogP contribution is -2.38. The molecule has 134 valence electrons. The maximum atomic E-state index is 13.5. The number of aliphatic carboxylic acids is 1. The Morgan fingerprint density at radius 1 is 1.40 bits per heavy atom. The maximum Gasteiger partial charge on any atom is 0.334 e. The molecule has 0 aliphatic rings. The average molecular weight is 350 g/mol. The molecule has 0 bridgehead atoms. The first kappa shape index (κ1) is 18.5. The maximum absolute atomic E-state index is 13.5. The molecule has 1 aromatic heterocycles. The molecule has 0 spiro atoms. The highest BCUT2D eigenvalue weighted by Crippen LogP contribution is 2.18.